The SMILES string of the molecule is CCCCCCc1cc(O)c(CCCCCC)c(CCCCCC)c1C(=O)c1c(CCCCCC)cc(O)c(CCCCCC)c1CCCCCC. The number of carbonyl (C=O) groups excluding carboxylic acids is 1. The van der Waals surface area contributed by atoms with Crippen LogP contribution in [0.2, 0.25) is 0 Å². The molecular formula is C49H82O3. The second-order valence-corrected chi connectivity index (χ2v) is 16.0. The third kappa shape index (κ3) is 15.6. The molecule has 3 heteroatoms. The number of rotatable bonds is 32. The Hall–Kier alpha value is -2.29. The van der Waals surface area contributed by atoms with E-state index in [9.17, 15) is 10.2 Å². The third-order valence-electron chi connectivity index (χ3n) is 11.4. The minimum atomic E-state index is 0.177. The summed E-state index contributed by atoms with van der Waals surface area (Å²) in [5.41, 5.74) is 8.23. The normalized spacial score (nSPS) is 11.5. The lowest BCUT2D eigenvalue weighted by molar-refractivity contribution is 0.103. The molecule has 2 aromatic rings. The van der Waals surface area contributed by atoms with Gasteiger partial charge in [0.2, 0.25) is 0 Å². The van der Waals surface area contributed by atoms with Crippen LogP contribution in [0, 0.1) is 0 Å². The average molecular weight is 719 g/mol. The van der Waals surface area contributed by atoms with Crippen LogP contribution in [-0.4, -0.2) is 16.0 Å². The fraction of sp³-hybridized carbons (Fsp3) is 0.735. The number of ketones is 1. The molecule has 2 aromatic carbocycles. The number of hydrogen-bond donors (Lipinski definition) is 2. The van der Waals surface area contributed by atoms with Crippen LogP contribution in [0.15, 0.2) is 12.1 Å². The number of phenols is 2. The standard InChI is InChI=1S/C49H82O3/c1-7-13-19-25-31-39-37-45(50)41(33-27-21-15-9-3)43(35-29-23-17-11-5)47(39)49(52)48-40(32-26-20-14-8-2)38-46(51)42(34-28-22-16-10-4)44(48)36-30-24-18-12-6/h37-38,50-51H,7-36H2,1-6H3. The second-order valence-electron chi connectivity index (χ2n) is 16.0. The lowest BCUT2D eigenvalue weighted by Gasteiger charge is -2.24. The Labute approximate surface area is 322 Å². The third-order valence-corrected chi connectivity index (χ3v) is 11.4. The van der Waals surface area contributed by atoms with E-state index in [0.717, 1.165) is 160 Å². The van der Waals surface area contributed by atoms with Gasteiger partial charge in [-0.25, -0.2) is 0 Å². The van der Waals surface area contributed by atoms with Crippen LogP contribution in [0.25, 0.3) is 0 Å². The van der Waals surface area contributed by atoms with Gasteiger partial charge in [-0.05, 0) is 123 Å². The smallest absolute Gasteiger partial charge is 0.194 e. The first-order chi connectivity index (χ1) is 25.4. The van der Waals surface area contributed by atoms with Gasteiger partial charge in [-0.1, -0.05) is 157 Å². The maximum absolute atomic E-state index is 15.8. The Bertz CT molecular complexity index is 1160. The van der Waals surface area contributed by atoms with E-state index < -0.39 is 0 Å². The molecule has 52 heavy (non-hydrogen) atoms. The first kappa shape index (κ1) is 45.9. The molecule has 296 valence electrons. The quantitative estimate of drug-likeness (QED) is 0.0585. The highest BCUT2D eigenvalue weighted by molar-refractivity contribution is 6.13. The molecule has 0 saturated heterocycles. The number of benzene rings is 2. The Morgan fingerprint density at radius 3 is 0.885 bits per heavy atom. The molecule has 0 unspecified atom stereocenters. The summed E-state index contributed by atoms with van der Waals surface area (Å²) >= 11 is 0. The van der Waals surface area contributed by atoms with Gasteiger partial charge in [0.05, 0.1) is 0 Å². The molecule has 0 amide bonds. The van der Waals surface area contributed by atoms with E-state index in [0.29, 0.717) is 11.5 Å². The van der Waals surface area contributed by atoms with Crippen molar-refractivity contribution < 1.29 is 15.0 Å². The fourth-order valence-electron chi connectivity index (χ4n) is 8.24. The zero-order valence-electron chi connectivity index (χ0n) is 35.2. The van der Waals surface area contributed by atoms with Gasteiger partial charge in [-0.2, -0.15) is 0 Å². The van der Waals surface area contributed by atoms with Crippen molar-refractivity contribution in [3.05, 3.63) is 56.6 Å². The Balaban J connectivity index is 2.92. The molecule has 3 nitrogen and oxygen atoms in total. The minimum Gasteiger partial charge on any atom is -0.508 e. The molecule has 0 spiro atoms. The van der Waals surface area contributed by atoms with E-state index in [4.69, 9.17) is 0 Å². The summed E-state index contributed by atoms with van der Waals surface area (Å²) in [6.45, 7) is 13.5. The van der Waals surface area contributed by atoms with Crippen molar-refractivity contribution >= 4 is 5.78 Å². The molecule has 2 rings (SSSR count). The van der Waals surface area contributed by atoms with Crippen LogP contribution in [-0.2, 0) is 38.5 Å². The Kier molecular flexibility index (Phi) is 24.9. The number of aromatic hydroxyl groups is 2. The molecule has 0 heterocycles. The molecule has 0 aliphatic rings. The van der Waals surface area contributed by atoms with Crippen LogP contribution in [0.3, 0.4) is 0 Å². The fourth-order valence-corrected chi connectivity index (χ4v) is 8.24. The summed E-state index contributed by atoms with van der Waals surface area (Å²) in [5, 5.41) is 23.5. The van der Waals surface area contributed by atoms with Gasteiger partial charge in [0.25, 0.3) is 0 Å². The number of unbranched alkanes of at least 4 members (excludes halogenated alkanes) is 18. The predicted octanol–water partition coefficient (Wildman–Crippen LogP) is 15.1. The molecule has 0 atom stereocenters. The monoisotopic (exact) mass is 719 g/mol. The maximum atomic E-state index is 15.8. The predicted molar refractivity (Wildman–Crippen MR) is 227 cm³/mol. The van der Waals surface area contributed by atoms with Gasteiger partial charge < -0.3 is 10.2 Å². The summed E-state index contributed by atoms with van der Waals surface area (Å²) in [6.07, 6.45) is 32.3. The van der Waals surface area contributed by atoms with Gasteiger partial charge in [0, 0.05) is 11.1 Å². The van der Waals surface area contributed by atoms with Gasteiger partial charge in [-0.15, -0.1) is 0 Å². The van der Waals surface area contributed by atoms with Crippen molar-refractivity contribution in [2.75, 3.05) is 0 Å². The number of hydrogen-bond acceptors (Lipinski definition) is 3. The van der Waals surface area contributed by atoms with E-state index in [1.807, 2.05) is 12.1 Å². The summed E-state index contributed by atoms with van der Waals surface area (Å²) in [7, 11) is 0. The molecule has 0 aliphatic heterocycles. The first-order valence-electron chi connectivity index (χ1n) is 22.7. The molecule has 0 saturated carbocycles. The molecule has 0 fully saturated rings. The highest BCUT2D eigenvalue weighted by Gasteiger charge is 2.29. The summed E-state index contributed by atoms with van der Waals surface area (Å²) in [4.78, 5) is 15.8. The van der Waals surface area contributed by atoms with Crippen molar-refractivity contribution in [1.82, 2.24) is 0 Å². The van der Waals surface area contributed by atoms with Crippen LogP contribution in [0.5, 0.6) is 11.5 Å². The highest BCUT2D eigenvalue weighted by Crippen LogP contribution is 2.38. The molecular weight excluding hydrogens is 637 g/mol. The van der Waals surface area contributed by atoms with Crippen molar-refractivity contribution in [2.45, 2.75) is 234 Å². The topological polar surface area (TPSA) is 57.5 Å². The van der Waals surface area contributed by atoms with Crippen LogP contribution in [0.4, 0.5) is 0 Å². The van der Waals surface area contributed by atoms with Crippen LogP contribution >= 0.6 is 0 Å². The lowest BCUT2D eigenvalue weighted by Crippen LogP contribution is -2.18. The van der Waals surface area contributed by atoms with E-state index in [-0.39, 0.29) is 5.78 Å². The summed E-state index contributed by atoms with van der Waals surface area (Å²) in [6, 6.07) is 4.00. The Morgan fingerprint density at radius 1 is 0.365 bits per heavy atom. The second kappa shape index (κ2) is 28.2. The number of aryl methyl sites for hydroxylation is 2. The summed E-state index contributed by atoms with van der Waals surface area (Å²) in [5.74, 6) is 0.994. The van der Waals surface area contributed by atoms with E-state index in [1.54, 1.807) is 0 Å². The van der Waals surface area contributed by atoms with Gasteiger partial charge in [0.15, 0.2) is 5.78 Å². The number of carbonyl (C=O) groups is 1. The average Bonchev–Trinajstić information content (AvgIpc) is 3.13. The molecule has 0 aliphatic carbocycles. The van der Waals surface area contributed by atoms with Crippen molar-refractivity contribution in [1.29, 1.82) is 0 Å². The zero-order valence-corrected chi connectivity index (χ0v) is 35.2. The minimum absolute atomic E-state index is 0.177. The van der Waals surface area contributed by atoms with Crippen LogP contribution in [0.1, 0.15) is 245 Å². The van der Waals surface area contributed by atoms with E-state index in [2.05, 4.69) is 41.5 Å². The lowest BCUT2D eigenvalue weighted by atomic mass is 9.79. The molecule has 2 N–H and O–H groups in total. The number of phenolic OH excluding ortho intramolecular Hbond substituents is 2. The Morgan fingerprint density at radius 2 is 0.615 bits per heavy atom. The van der Waals surface area contributed by atoms with Crippen molar-refractivity contribution in [3.8, 4) is 11.5 Å². The summed E-state index contributed by atoms with van der Waals surface area (Å²) < 4.78 is 0. The van der Waals surface area contributed by atoms with Gasteiger partial charge in [0.1, 0.15) is 11.5 Å². The molecule has 0 aromatic heterocycles. The largest absolute Gasteiger partial charge is 0.508 e. The van der Waals surface area contributed by atoms with Gasteiger partial charge >= 0.3 is 0 Å². The highest BCUT2D eigenvalue weighted by atomic mass is 16.3. The van der Waals surface area contributed by atoms with Gasteiger partial charge in [-0.3, -0.25) is 4.79 Å². The molecule has 0 radical (unpaired) electrons. The van der Waals surface area contributed by atoms with E-state index in [1.165, 1.54) is 77.0 Å². The maximum Gasteiger partial charge on any atom is 0.194 e. The van der Waals surface area contributed by atoms with Crippen molar-refractivity contribution in [3.63, 3.8) is 0 Å². The van der Waals surface area contributed by atoms with Crippen LogP contribution < -0.4 is 0 Å². The van der Waals surface area contributed by atoms with Crippen molar-refractivity contribution in [2.24, 2.45) is 0 Å². The first-order valence-corrected chi connectivity index (χ1v) is 22.7. The zero-order chi connectivity index (χ0) is 38.0. The van der Waals surface area contributed by atoms with E-state index >= 15 is 4.79 Å². The molecule has 0 bridgehead atoms.